The van der Waals surface area contributed by atoms with Gasteiger partial charge in [-0.2, -0.15) is 0 Å². The lowest BCUT2D eigenvalue weighted by Crippen LogP contribution is -2.24. The molecule has 1 unspecified atom stereocenters. The summed E-state index contributed by atoms with van der Waals surface area (Å²) in [5.74, 6) is -2.06. The van der Waals surface area contributed by atoms with E-state index in [0.717, 1.165) is 0 Å². The fourth-order valence-corrected chi connectivity index (χ4v) is 2.81. The molecule has 2 aromatic rings. The fourth-order valence-electron chi connectivity index (χ4n) is 2.31. The molecule has 0 aromatic carbocycles. The van der Waals surface area contributed by atoms with Crippen molar-refractivity contribution in [1.82, 2.24) is 9.38 Å². The number of imidazole rings is 1. The lowest BCUT2D eigenvalue weighted by Gasteiger charge is -2.06. The summed E-state index contributed by atoms with van der Waals surface area (Å²) in [4.78, 5) is 49.1. The SMILES string of the molecule is CCOC(=O)C(Cl)C(C)=O.CCOC(=O)c1c(C)nc2c(C(=O)OC)cc(Br)cn12. The lowest BCUT2D eigenvalue weighted by molar-refractivity contribution is -0.144. The highest BCUT2D eigenvalue weighted by molar-refractivity contribution is 9.10. The zero-order valence-electron chi connectivity index (χ0n) is 17.2. The summed E-state index contributed by atoms with van der Waals surface area (Å²) in [6.07, 6.45) is 1.66. The van der Waals surface area contributed by atoms with Crippen LogP contribution in [0.5, 0.6) is 0 Å². The first-order chi connectivity index (χ1) is 14.1. The first-order valence-corrected chi connectivity index (χ1v) is 10.1. The predicted octanol–water partition coefficient (Wildman–Crippen LogP) is 3.11. The second-order valence-corrected chi connectivity index (χ2v) is 7.10. The molecule has 11 heteroatoms. The number of ether oxygens (including phenoxy) is 3. The third-order valence-electron chi connectivity index (χ3n) is 3.59. The number of Topliss-reactive ketones (excluding diaryl/α,β-unsaturated/α-hetero) is 1. The smallest absolute Gasteiger partial charge is 0.357 e. The van der Waals surface area contributed by atoms with E-state index in [1.165, 1.54) is 18.4 Å². The van der Waals surface area contributed by atoms with Crippen LogP contribution in [0.4, 0.5) is 0 Å². The minimum Gasteiger partial charge on any atom is -0.465 e. The quantitative estimate of drug-likeness (QED) is 0.255. The molecule has 2 heterocycles. The van der Waals surface area contributed by atoms with Gasteiger partial charge >= 0.3 is 17.9 Å². The molecule has 0 saturated carbocycles. The number of aromatic nitrogens is 2. The minimum absolute atomic E-state index is 0.245. The van der Waals surface area contributed by atoms with Crippen LogP contribution in [0.2, 0.25) is 0 Å². The maximum Gasteiger partial charge on any atom is 0.357 e. The highest BCUT2D eigenvalue weighted by Crippen LogP contribution is 2.22. The number of ketones is 1. The molecule has 0 amide bonds. The number of hydrogen-bond acceptors (Lipinski definition) is 8. The molecule has 0 radical (unpaired) electrons. The monoisotopic (exact) mass is 504 g/mol. The Labute approximate surface area is 186 Å². The van der Waals surface area contributed by atoms with Gasteiger partial charge in [-0.3, -0.25) is 9.20 Å². The van der Waals surface area contributed by atoms with Crippen LogP contribution in [-0.2, 0) is 23.8 Å². The molecule has 0 aliphatic rings. The standard InChI is InChI=1S/C13H13BrN2O4.C6H9ClO3/c1-4-20-13(18)10-7(2)15-11-9(12(17)19-3)5-8(14)6-16(10)11;1-3-10-6(9)5(7)4(2)8/h5-6H,4H2,1-3H3;5H,3H2,1-2H3. The molecule has 9 nitrogen and oxygen atoms in total. The van der Waals surface area contributed by atoms with E-state index >= 15 is 0 Å². The number of fused-ring (bicyclic) bond motifs is 1. The molecule has 0 fully saturated rings. The molecule has 1 atom stereocenters. The molecule has 0 saturated heterocycles. The number of hydrogen-bond donors (Lipinski definition) is 0. The molecule has 0 bridgehead atoms. The Kier molecular flexibility index (Phi) is 9.94. The summed E-state index contributed by atoms with van der Waals surface area (Å²) >= 11 is 8.62. The Morgan fingerprint density at radius 3 is 2.27 bits per heavy atom. The van der Waals surface area contributed by atoms with Crippen LogP contribution in [0.15, 0.2) is 16.7 Å². The van der Waals surface area contributed by atoms with Crippen LogP contribution >= 0.6 is 27.5 Å². The molecular formula is C19H22BrClN2O7. The summed E-state index contributed by atoms with van der Waals surface area (Å²) in [5, 5.41) is -1.14. The van der Waals surface area contributed by atoms with Crippen molar-refractivity contribution in [2.75, 3.05) is 20.3 Å². The maximum atomic E-state index is 12.0. The topological polar surface area (TPSA) is 113 Å². The number of halogens is 2. The van der Waals surface area contributed by atoms with E-state index in [9.17, 15) is 19.2 Å². The van der Waals surface area contributed by atoms with Crippen LogP contribution in [0, 0.1) is 6.92 Å². The summed E-state index contributed by atoms with van der Waals surface area (Å²) in [6, 6.07) is 1.60. The first kappa shape index (κ1) is 25.6. The number of pyridine rings is 1. The zero-order chi connectivity index (χ0) is 23.0. The van der Waals surface area contributed by atoms with E-state index in [2.05, 4.69) is 25.7 Å². The van der Waals surface area contributed by atoms with Crippen molar-refractivity contribution in [3.05, 3.63) is 33.7 Å². The Morgan fingerprint density at radius 1 is 1.17 bits per heavy atom. The van der Waals surface area contributed by atoms with Gasteiger partial charge in [-0.1, -0.05) is 0 Å². The zero-order valence-corrected chi connectivity index (χ0v) is 19.5. The van der Waals surface area contributed by atoms with Gasteiger partial charge in [-0.05, 0) is 49.7 Å². The number of esters is 3. The summed E-state index contributed by atoms with van der Waals surface area (Å²) in [5.41, 5.74) is 1.43. The third kappa shape index (κ3) is 6.27. The first-order valence-electron chi connectivity index (χ1n) is 8.83. The Morgan fingerprint density at radius 2 is 1.77 bits per heavy atom. The van der Waals surface area contributed by atoms with Crippen molar-refractivity contribution in [1.29, 1.82) is 0 Å². The number of nitrogens with zero attached hydrogens (tertiary/aromatic N) is 2. The minimum atomic E-state index is -1.14. The van der Waals surface area contributed by atoms with E-state index in [0.29, 0.717) is 21.5 Å². The van der Waals surface area contributed by atoms with E-state index < -0.39 is 23.3 Å². The maximum absolute atomic E-state index is 12.0. The number of alkyl halides is 1. The molecule has 2 aromatic heterocycles. The Hall–Kier alpha value is -2.46. The molecule has 30 heavy (non-hydrogen) atoms. The van der Waals surface area contributed by atoms with Gasteiger partial charge in [0.05, 0.1) is 26.0 Å². The van der Waals surface area contributed by atoms with Crippen molar-refractivity contribution in [2.24, 2.45) is 0 Å². The second kappa shape index (κ2) is 11.7. The average molecular weight is 506 g/mol. The average Bonchev–Trinajstić information content (AvgIpc) is 3.02. The summed E-state index contributed by atoms with van der Waals surface area (Å²) < 4.78 is 16.4. The van der Waals surface area contributed by atoms with Gasteiger partial charge in [0.25, 0.3) is 0 Å². The highest BCUT2D eigenvalue weighted by Gasteiger charge is 2.23. The number of rotatable bonds is 6. The molecule has 0 N–H and O–H groups in total. The lowest BCUT2D eigenvalue weighted by atomic mass is 10.2. The van der Waals surface area contributed by atoms with Gasteiger partial charge in [0.15, 0.2) is 22.5 Å². The second-order valence-electron chi connectivity index (χ2n) is 5.75. The van der Waals surface area contributed by atoms with Crippen molar-refractivity contribution in [2.45, 2.75) is 33.1 Å². The van der Waals surface area contributed by atoms with E-state index in [-0.39, 0.29) is 24.6 Å². The number of carbonyl (C=O) groups excluding carboxylic acids is 4. The highest BCUT2D eigenvalue weighted by atomic mass is 79.9. The van der Waals surface area contributed by atoms with Crippen molar-refractivity contribution in [3.63, 3.8) is 0 Å². The van der Waals surface area contributed by atoms with Crippen molar-refractivity contribution in [3.8, 4) is 0 Å². The number of methoxy groups -OCH3 is 1. The molecule has 0 aliphatic carbocycles. The Balaban J connectivity index is 0.000000382. The van der Waals surface area contributed by atoms with Gasteiger partial charge in [0, 0.05) is 10.7 Å². The van der Waals surface area contributed by atoms with Gasteiger partial charge in [-0.15, -0.1) is 11.6 Å². The van der Waals surface area contributed by atoms with Gasteiger partial charge < -0.3 is 14.2 Å². The molecule has 164 valence electrons. The van der Waals surface area contributed by atoms with Crippen LogP contribution in [0.25, 0.3) is 5.65 Å². The van der Waals surface area contributed by atoms with Gasteiger partial charge in [0.2, 0.25) is 0 Å². The molecule has 0 aliphatic heterocycles. The molecule has 2 rings (SSSR count). The third-order valence-corrected chi connectivity index (χ3v) is 4.50. The van der Waals surface area contributed by atoms with Crippen LogP contribution in [0.1, 0.15) is 47.3 Å². The predicted molar refractivity (Wildman–Crippen MR) is 112 cm³/mol. The van der Waals surface area contributed by atoms with E-state index in [1.807, 2.05) is 0 Å². The molecular weight excluding hydrogens is 484 g/mol. The summed E-state index contributed by atoms with van der Waals surface area (Å²) in [7, 11) is 1.29. The van der Waals surface area contributed by atoms with Crippen molar-refractivity contribution >= 4 is 56.9 Å². The van der Waals surface area contributed by atoms with Crippen LogP contribution in [-0.4, -0.2) is 58.8 Å². The normalized spacial score (nSPS) is 11.2. The van der Waals surface area contributed by atoms with Crippen molar-refractivity contribution < 1.29 is 33.4 Å². The Bertz CT molecular complexity index is 958. The summed E-state index contributed by atoms with van der Waals surface area (Å²) in [6.45, 7) is 6.83. The van der Waals surface area contributed by atoms with E-state index in [1.54, 1.807) is 33.0 Å². The largest absolute Gasteiger partial charge is 0.465 e. The van der Waals surface area contributed by atoms with E-state index in [4.69, 9.17) is 21.1 Å². The van der Waals surface area contributed by atoms with Gasteiger partial charge in [0.1, 0.15) is 5.56 Å². The molecule has 0 spiro atoms. The van der Waals surface area contributed by atoms with Gasteiger partial charge in [-0.25, -0.2) is 19.4 Å². The number of aryl methyl sites for hydroxylation is 1. The van der Waals surface area contributed by atoms with Crippen LogP contribution in [0.3, 0.4) is 0 Å². The van der Waals surface area contributed by atoms with Crippen LogP contribution < -0.4 is 0 Å². The fraction of sp³-hybridized carbons (Fsp3) is 0.421. The number of carbonyl (C=O) groups is 4.